The number of nitrogens with one attached hydrogen (secondary N) is 1. The molecule has 0 heterocycles. The van der Waals surface area contributed by atoms with E-state index in [1.54, 1.807) is 12.1 Å². The molecule has 2 rings (SSSR count). The van der Waals surface area contributed by atoms with Crippen LogP contribution in [-0.4, -0.2) is 4.99 Å². The number of hydrogen-bond acceptors (Lipinski definition) is 2. The van der Waals surface area contributed by atoms with E-state index in [2.05, 4.69) is 19.2 Å². The molecule has 0 atom stereocenters. The first-order valence-corrected chi connectivity index (χ1v) is 6.85. The lowest BCUT2D eigenvalue weighted by molar-refractivity contribution is 0.626. The minimum atomic E-state index is -0.415. The van der Waals surface area contributed by atoms with E-state index in [4.69, 9.17) is 18.0 Å². The van der Waals surface area contributed by atoms with Gasteiger partial charge in [0.1, 0.15) is 10.8 Å². The monoisotopic (exact) mass is 288 g/mol. The lowest BCUT2D eigenvalue weighted by Crippen LogP contribution is -2.14. The largest absolute Gasteiger partial charge is 0.389 e. The van der Waals surface area contributed by atoms with Crippen LogP contribution >= 0.6 is 12.2 Å². The molecular formula is C16H17FN2S. The van der Waals surface area contributed by atoms with Gasteiger partial charge in [-0.15, -0.1) is 0 Å². The molecule has 0 saturated carbocycles. The third-order valence-electron chi connectivity index (χ3n) is 3.12. The Morgan fingerprint density at radius 1 is 1.15 bits per heavy atom. The molecule has 0 aliphatic carbocycles. The van der Waals surface area contributed by atoms with Crippen LogP contribution in [0.15, 0.2) is 42.5 Å². The number of anilines is 2. The maximum absolute atomic E-state index is 13.8. The van der Waals surface area contributed by atoms with E-state index in [1.165, 1.54) is 11.6 Å². The molecule has 0 amide bonds. The average molecular weight is 288 g/mol. The molecule has 0 radical (unpaired) electrons. The number of rotatable bonds is 4. The topological polar surface area (TPSA) is 38.0 Å². The third kappa shape index (κ3) is 3.14. The molecular weight excluding hydrogens is 271 g/mol. The normalized spacial score (nSPS) is 10.6. The van der Waals surface area contributed by atoms with Crippen LogP contribution in [0, 0.1) is 5.82 Å². The van der Waals surface area contributed by atoms with Gasteiger partial charge >= 0.3 is 0 Å². The summed E-state index contributed by atoms with van der Waals surface area (Å²) in [6, 6.07) is 12.8. The predicted molar refractivity (Wildman–Crippen MR) is 86.1 cm³/mol. The lowest BCUT2D eigenvalue weighted by Gasteiger charge is -2.13. The standard InChI is InChI=1S/C16H17FN2S/c1-10(2)11-6-8-12(9-7-11)19-14-5-3-4-13(17)15(14)16(18)20/h3-10,19H,1-2H3,(H2,18,20). The van der Waals surface area contributed by atoms with Crippen molar-refractivity contribution in [3.8, 4) is 0 Å². The van der Waals surface area contributed by atoms with Gasteiger partial charge in [-0.25, -0.2) is 4.39 Å². The second-order valence-corrected chi connectivity index (χ2v) is 5.37. The van der Waals surface area contributed by atoms with Crippen molar-refractivity contribution in [2.45, 2.75) is 19.8 Å². The molecule has 2 aromatic rings. The van der Waals surface area contributed by atoms with Gasteiger partial charge in [-0.2, -0.15) is 0 Å². The van der Waals surface area contributed by atoms with Gasteiger partial charge in [0.15, 0.2) is 0 Å². The van der Waals surface area contributed by atoms with Gasteiger partial charge in [0.05, 0.1) is 11.3 Å². The van der Waals surface area contributed by atoms with E-state index in [-0.39, 0.29) is 10.6 Å². The molecule has 4 heteroatoms. The molecule has 104 valence electrons. The molecule has 0 fully saturated rings. The van der Waals surface area contributed by atoms with E-state index >= 15 is 0 Å². The molecule has 3 N–H and O–H groups in total. The van der Waals surface area contributed by atoms with Crippen molar-refractivity contribution in [2.75, 3.05) is 5.32 Å². The minimum absolute atomic E-state index is 0.0457. The van der Waals surface area contributed by atoms with E-state index in [0.717, 1.165) is 5.69 Å². The summed E-state index contributed by atoms with van der Waals surface area (Å²) in [5.41, 5.74) is 8.54. The highest BCUT2D eigenvalue weighted by atomic mass is 32.1. The SMILES string of the molecule is CC(C)c1ccc(Nc2cccc(F)c2C(N)=S)cc1. The Bertz CT molecular complexity index is 621. The molecule has 0 saturated heterocycles. The summed E-state index contributed by atoms with van der Waals surface area (Å²) in [4.78, 5) is 0.0457. The summed E-state index contributed by atoms with van der Waals surface area (Å²) in [6.45, 7) is 4.28. The molecule has 0 bridgehead atoms. The summed E-state index contributed by atoms with van der Waals surface area (Å²) >= 11 is 4.91. The Morgan fingerprint density at radius 3 is 2.35 bits per heavy atom. The van der Waals surface area contributed by atoms with Crippen LogP contribution in [0.1, 0.15) is 30.9 Å². The number of nitrogens with two attached hydrogens (primary N) is 1. The Kier molecular flexibility index (Phi) is 4.35. The van der Waals surface area contributed by atoms with Gasteiger partial charge in [0, 0.05) is 5.69 Å². The van der Waals surface area contributed by atoms with Gasteiger partial charge in [-0.3, -0.25) is 0 Å². The number of halogens is 1. The van der Waals surface area contributed by atoms with Crippen molar-refractivity contribution >= 4 is 28.6 Å². The number of hydrogen-bond donors (Lipinski definition) is 2. The van der Waals surface area contributed by atoms with Crippen molar-refractivity contribution < 1.29 is 4.39 Å². The first kappa shape index (κ1) is 14.5. The molecule has 2 nitrogen and oxygen atoms in total. The molecule has 0 aliphatic rings. The lowest BCUT2D eigenvalue weighted by atomic mass is 10.0. The second-order valence-electron chi connectivity index (χ2n) is 4.93. The van der Waals surface area contributed by atoms with Gasteiger partial charge in [-0.1, -0.05) is 44.3 Å². The van der Waals surface area contributed by atoms with Crippen LogP contribution in [0.25, 0.3) is 0 Å². The maximum Gasteiger partial charge on any atom is 0.135 e. The number of benzene rings is 2. The van der Waals surface area contributed by atoms with Gasteiger partial charge < -0.3 is 11.1 Å². The quantitative estimate of drug-likeness (QED) is 0.823. The van der Waals surface area contributed by atoms with Gasteiger partial charge in [-0.05, 0) is 35.7 Å². The fourth-order valence-electron chi connectivity index (χ4n) is 1.99. The Hall–Kier alpha value is -1.94. The number of thiocarbonyl (C=S) groups is 1. The van der Waals surface area contributed by atoms with Crippen molar-refractivity contribution in [3.63, 3.8) is 0 Å². The fourth-order valence-corrected chi connectivity index (χ4v) is 2.19. The highest BCUT2D eigenvalue weighted by Gasteiger charge is 2.11. The average Bonchev–Trinajstić information content (AvgIpc) is 2.39. The molecule has 0 unspecified atom stereocenters. The zero-order chi connectivity index (χ0) is 14.7. The van der Waals surface area contributed by atoms with E-state index < -0.39 is 5.82 Å². The summed E-state index contributed by atoms with van der Waals surface area (Å²) in [5.74, 6) is 0.0618. The van der Waals surface area contributed by atoms with Crippen molar-refractivity contribution in [1.82, 2.24) is 0 Å². The highest BCUT2D eigenvalue weighted by molar-refractivity contribution is 7.80. The Balaban J connectivity index is 2.30. The molecule has 20 heavy (non-hydrogen) atoms. The van der Waals surface area contributed by atoms with Crippen molar-refractivity contribution in [1.29, 1.82) is 0 Å². The third-order valence-corrected chi connectivity index (χ3v) is 3.32. The van der Waals surface area contributed by atoms with E-state index in [0.29, 0.717) is 11.6 Å². The summed E-state index contributed by atoms with van der Waals surface area (Å²) in [7, 11) is 0. The van der Waals surface area contributed by atoms with Gasteiger partial charge in [0.2, 0.25) is 0 Å². The van der Waals surface area contributed by atoms with E-state index in [1.807, 2.05) is 24.3 Å². The second kappa shape index (κ2) is 6.01. The van der Waals surface area contributed by atoms with Crippen LogP contribution in [0.5, 0.6) is 0 Å². The zero-order valence-electron chi connectivity index (χ0n) is 11.5. The van der Waals surface area contributed by atoms with Crippen LogP contribution in [0.3, 0.4) is 0 Å². The smallest absolute Gasteiger partial charge is 0.135 e. The molecule has 2 aromatic carbocycles. The highest BCUT2D eigenvalue weighted by Crippen LogP contribution is 2.24. The molecule has 0 aromatic heterocycles. The van der Waals surface area contributed by atoms with E-state index in [9.17, 15) is 4.39 Å². The maximum atomic E-state index is 13.8. The molecule has 0 aliphatic heterocycles. The van der Waals surface area contributed by atoms with Crippen molar-refractivity contribution in [2.24, 2.45) is 5.73 Å². The van der Waals surface area contributed by atoms with Crippen LogP contribution in [-0.2, 0) is 0 Å². The minimum Gasteiger partial charge on any atom is -0.389 e. The summed E-state index contributed by atoms with van der Waals surface area (Å²) in [5, 5.41) is 3.15. The zero-order valence-corrected chi connectivity index (χ0v) is 12.3. The Morgan fingerprint density at radius 2 is 1.80 bits per heavy atom. The summed E-state index contributed by atoms with van der Waals surface area (Å²) in [6.07, 6.45) is 0. The van der Waals surface area contributed by atoms with Crippen LogP contribution < -0.4 is 11.1 Å². The molecule has 0 spiro atoms. The predicted octanol–water partition coefficient (Wildman–Crippen LogP) is 4.33. The fraction of sp³-hybridized carbons (Fsp3) is 0.188. The summed E-state index contributed by atoms with van der Waals surface area (Å²) < 4.78 is 13.8. The Labute approximate surface area is 123 Å². The van der Waals surface area contributed by atoms with Crippen LogP contribution in [0.2, 0.25) is 0 Å². The van der Waals surface area contributed by atoms with Gasteiger partial charge in [0.25, 0.3) is 0 Å². The van der Waals surface area contributed by atoms with Crippen molar-refractivity contribution in [3.05, 3.63) is 59.4 Å². The van der Waals surface area contributed by atoms with Crippen LogP contribution in [0.4, 0.5) is 15.8 Å². The first-order valence-electron chi connectivity index (χ1n) is 6.44. The first-order chi connectivity index (χ1) is 9.49.